The summed E-state index contributed by atoms with van der Waals surface area (Å²) >= 11 is 0. The van der Waals surface area contributed by atoms with Crippen molar-refractivity contribution in [1.82, 2.24) is 9.97 Å². The van der Waals surface area contributed by atoms with E-state index in [0.717, 1.165) is 11.1 Å². The Labute approximate surface area is 166 Å². The van der Waals surface area contributed by atoms with Crippen molar-refractivity contribution in [3.05, 3.63) is 47.8 Å². The lowest BCUT2D eigenvalue weighted by Crippen LogP contribution is -2.00. The normalized spacial score (nSPS) is 14.0. The summed E-state index contributed by atoms with van der Waals surface area (Å²) in [6, 6.07) is 7.39. The Morgan fingerprint density at radius 3 is 1.61 bits per heavy atom. The van der Waals surface area contributed by atoms with Gasteiger partial charge in [0.25, 0.3) is 0 Å². The number of hydrogen-bond donors (Lipinski definition) is 0. The first-order chi connectivity index (χ1) is 13.3. The van der Waals surface area contributed by atoms with Gasteiger partial charge in [0.2, 0.25) is 7.37 Å². The van der Waals surface area contributed by atoms with Crippen molar-refractivity contribution in [3.8, 4) is 11.4 Å². The van der Waals surface area contributed by atoms with Crippen LogP contribution in [0.25, 0.3) is 11.4 Å². The largest absolute Gasteiger partial charge is 0.335 e. The maximum Gasteiger partial charge on any atom is 0.335 e. The second-order valence-electron chi connectivity index (χ2n) is 6.30. The molecule has 0 aliphatic rings. The minimum Gasteiger partial charge on any atom is -0.329 e. The zero-order valence-electron chi connectivity index (χ0n) is 16.8. The van der Waals surface area contributed by atoms with Crippen molar-refractivity contribution in [3.63, 3.8) is 0 Å². The van der Waals surface area contributed by atoms with Gasteiger partial charge in [-0.15, -0.1) is 0 Å². The fraction of sp³-hybridized carbons (Fsp3) is 0.474. The second kappa shape index (κ2) is 10.4. The fourth-order valence-corrected chi connectivity index (χ4v) is 5.90. The standard InChI is InChI=1S/C19H28N2O5P2/c1-5-24-27(4,22)14-16-8-10-18(20-12-16)19-11-9-17(13-21-19)15-28(23,25-6-2)26-7-3/h8-13H,5-7,14-15H2,1-4H3. The van der Waals surface area contributed by atoms with E-state index in [9.17, 15) is 9.13 Å². The molecule has 2 aromatic rings. The topological polar surface area (TPSA) is 87.6 Å². The summed E-state index contributed by atoms with van der Waals surface area (Å²) < 4.78 is 40.8. The molecule has 9 heteroatoms. The Kier molecular flexibility index (Phi) is 8.54. The van der Waals surface area contributed by atoms with Crippen LogP contribution in [-0.2, 0) is 35.0 Å². The van der Waals surface area contributed by atoms with Gasteiger partial charge in [-0.1, -0.05) is 12.1 Å². The average molecular weight is 426 g/mol. The van der Waals surface area contributed by atoms with Gasteiger partial charge < -0.3 is 13.6 Å². The molecular weight excluding hydrogens is 398 g/mol. The Morgan fingerprint density at radius 1 is 0.750 bits per heavy atom. The molecule has 0 aliphatic carbocycles. The lowest BCUT2D eigenvalue weighted by molar-refractivity contribution is 0.219. The summed E-state index contributed by atoms with van der Waals surface area (Å²) in [6.07, 6.45) is 3.88. The van der Waals surface area contributed by atoms with Gasteiger partial charge in [0.05, 0.1) is 43.5 Å². The van der Waals surface area contributed by atoms with Gasteiger partial charge in [-0.05, 0) is 44.0 Å². The van der Waals surface area contributed by atoms with Crippen LogP contribution in [0, 0.1) is 0 Å². The van der Waals surface area contributed by atoms with E-state index < -0.39 is 15.0 Å². The highest BCUT2D eigenvalue weighted by Crippen LogP contribution is 2.51. The van der Waals surface area contributed by atoms with Gasteiger partial charge in [-0.3, -0.25) is 19.1 Å². The molecule has 0 saturated carbocycles. The fourth-order valence-electron chi connectivity index (χ4n) is 2.74. The van der Waals surface area contributed by atoms with Gasteiger partial charge in [0.1, 0.15) is 0 Å². The van der Waals surface area contributed by atoms with Crippen LogP contribution in [0.5, 0.6) is 0 Å². The number of pyridine rings is 2. The molecule has 0 amide bonds. The molecule has 0 bridgehead atoms. The molecule has 28 heavy (non-hydrogen) atoms. The zero-order chi connectivity index (χ0) is 20.6. The number of rotatable bonds is 11. The summed E-state index contributed by atoms with van der Waals surface area (Å²) in [7, 11) is -5.80. The average Bonchev–Trinajstić information content (AvgIpc) is 2.63. The maximum absolute atomic E-state index is 12.6. The molecular formula is C19H28N2O5P2. The van der Waals surface area contributed by atoms with E-state index in [1.54, 1.807) is 32.9 Å². The van der Waals surface area contributed by atoms with E-state index >= 15 is 0 Å². The first-order valence-corrected chi connectivity index (χ1v) is 13.3. The molecule has 2 aromatic heterocycles. The molecule has 0 saturated heterocycles. The zero-order valence-corrected chi connectivity index (χ0v) is 18.6. The molecule has 0 spiro atoms. The molecule has 2 rings (SSSR count). The van der Waals surface area contributed by atoms with E-state index in [-0.39, 0.29) is 6.16 Å². The highest BCUT2D eigenvalue weighted by molar-refractivity contribution is 7.57. The van der Waals surface area contributed by atoms with Crippen LogP contribution in [0.1, 0.15) is 31.9 Å². The summed E-state index contributed by atoms with van der Waals surface area (Å²) in [6.45, 7) is 8.11. The smallest absolute Gasteiger partial charge is 0.329 e. The van der Waals surface area contributed by atoms with Crippen molar-refractivity contribution in [1.29, 1.82) is 0 Å². The third kappa shape index (κ3) is 6.91. The Hall–Kier alpha value is -1.36. The Morgan fingerprint density at radius 2 is 1.21 bits per heavy atom. The molecule has 0 aliphatic heterocycles. The highest BCUT2D eigenvalue weighted by atomic mass is 31.2. The Balaban J connectivity index is 2.09. The van der Waals surface area contributed by atoms with Crippen molar-refractivity contribution in [2.75, 3.05) is 26.5 Å². The summed E-state index contributed by atoms with van der Waals surface area (Å²) in [4.78, 5) is 8.83. The van der Waals surface area contributed by atoms with E-state index in [2.05, 4.69) is 9.97 Å². The lowest BCUT2D eigenvalue weighted by Gasteiger charge is -2.16. The van der Waals surface area contributed by atoms with Gasteiger partial charge in [-0.25, -0.2) is 0 Å². The van der Waals surface area contributed by atoms with Gasteiger partial charge in [0.15, 0.2) is 0 Å². The van der Waals surface area contributed by atoms with Gasteiger partial charge in [0, 0.05) is 19.1 Å². The minimum atomic E-state index is -3.15. The monoisotopic (exact) mass is 426 g/mol. The number of hydrogen-bond acceptors (Lipinski definition) is 7. The maximum atomic E-state index is 12.6. The third-order valence-corrected chi connectivity index (χ3v) is 7.61. The molecule has 0 radical (unpaired) electrons. The van der Waals surface area contributed by atoms with Crippen LogP contribution in [0.3, 0.4) is 0 Å². The molecule has 1 atom stereocenters. The molecule has 0 N–H and O–H groups in total. The number of aromatic nitrogens is 2. The van der Waals surface area contributed by atoms with Crippen molar-refractivity contribution < 1.29 is 22.7 Å². The first-order valence-electron chi connectivity index (χ1n) is 9.30. The second-order valence-corrected chi connectivity index (χ2v) is 11.0. The predicted octanol–water partition coefficient (Wildman–Crippen LogP) is 5.35. The van der Waals surface area contributed by atoms with Crippen molar-refractivity contribution in [2.24, 2.45) is 0 Å². The SMILES string of the molecule is CCOP(C)(=O)Cc1ccc(-c2ccc(CP(=O)(OCC)OCC)cn2)nc1. The van der Waals surface area contributed by atoms with Gasteiger partial charge in [-0.2, -0.15) is 0 Å². The summed E-state index contributed by atoms with van der Waals surface area (Å²) in [5, 5.41) is 0. The van der Waals surface area contributed by atoms with Crippen LogP contribution in [0.15, 0.2) is 36.7 Å². The van der Waals surface area contributed by atoms with E-state index in [1.165, 1.54) is 0 Å². The van der Waals surface area contributed by atoms with E-state index in [1.807, 2.05) is 31.2 Å². The lowest BCUT2D eigenvalue weighted by atomic mass is 10.2. The van der Waals surface area contributed by atoms with Gasteiger partial charge >= 0.3 is 7.60 Å². The first kappa shape index (κ1) is 22.9. The van der Waals surface area contributed by atoms with Crippen LogP contribution < -0.4 is 0 Å². The predicted molar refractivity (Wildman–Crippen MR) is 111 cm³/mol. The molecule has 1 unspecified atom stereocenters. The van der Waals surface area contributed by atoms with Crippen molar-refractivity contribution >= 4 is 15.0 Å². The van der Waals surface area contributed by atoms with E-state index in [0.29, 0.717) is 37.4 Å². The molecule has 0 aromatic carbocycles. The molecule has 0 fully saturated rings. The number of nitrogens with zero attached hydrogens (tertiary/aromatic N) is 2. The summed E-state index contributed by atoms with van der Waals surface area (Å²) in [5.74, 6) is 0. The quantitative estimate of drug-likeness (QED) is 0.447. The molecule has 2 heterocycles. The highest BCUT2D eigenvalue weighted by Gasteiger charge is 2.24. The molecule has 7 nitrogen and oxygen atoms in total. The Bertz CT molecular complexity index is 830. The van der Waals surface area contributed by atoms with Crippen molar-refractivity contribution in [2.45, 2.75) is 33.1 Å². The minimum absolute atomic E-state index is 0.178. The van der Waals surface area contributed by atoms with Crippen LogP contribution in [0.4, 0.5) is 0 Å². The van der Waals surface area contributed by atoms with Crippen LogP contribution in [-0.4, -0.2) is 36.5 Å². The third-order valence-electron chi connectivity index (χ3n) is 3.81. The van der Waals surface area contributed by atoms with E-state index in [4.69, 9.17) is 13.6 Å². The van der Waals surface area contributed by atoms with Crippen LogP contribution in [0.2, 0.25) is 0 Å². The van der Waals surface area contributed by atoms with Crippen LogP contribution >= 0.6 is 15.0 Å². The molecule has 154 valence electrons. The summed E-state index contributed by atoms with van der Waals surface area (Å²) in [5.41, 5.74) is 3.03.